The number of rotatable bonds is 8. The van der Waals surface area contributed by atoms with E-state index >= 15 is 0 Å². The molecule has 2 saturated heterocycles. The fourth-order valence-corrected chi connectivity index (χ4v) is 4.03. The van der Waals surface area contributed by atoms with Gasteiger partial charge in [-0.15, -0.1) is 0 Å². The zero-order valence-electron chi connectivity index (χ0n) is 19.8. The molecule has 36 heavy (non-hydrogen) atoms. The van der Waals surface area contributed by atoms with Crippen LogP contribution < -0.4 is 20.0 Å². The van der Waals surface area contributed by atoms with Crippen molar-refractivity contribution in [1.29, 1.82) is 0 Å². The monoisotopic (exact) mass is 509 g/mol. The molecule has 0 aliphatic carbocycles. The number of nitrogens with one attached hydrogen (secondary N) is 1. The van der Waals surface area contributed by atoms with E-state index in [9.17, 15) is 0 Å². The summed E-state index contributed by atoms with van der Waals surface area (Å²) >= 11 is 6.23. The Balaban J connectivity index is 1.27. The minimum Gasteiger partial charge on any atom is -0.489 e. The summed E-state index contributed by atoms with van der Waals surface area (Å²) in [6.45, 7) is 5.91. The maximum atomic E-state index is 6.23. The molecule has 1 aromatic heterocycles. The highest BCUT2D eigenvalue weighted by molar-refractivity contribution is 6.31. The van der Waals surface area contributed by atoms with Gasteiger partial charge in [0.1, 0.15) is 12.4 Å². The van der Waals surface area contributed by atoms with Crippen LogP contribution in [-0.4, -0.2) is 73.8 Å². The molecular formula is C25H28ClN7O3. The molecule has 0 atom stereocenters. The molecule has 0 bridgehead atoms. The lowest BCUT2D eigenvalue weighted by molar-refractivity contribution is 0.121. The lowest BCUT2D eigenvalue weighted by Gasteiger charge is -2.30. The van der Waals surface area contributed by atoms with Crippen LogP contribution >= 0.6 is 11.6 Å². The molecule has 10 nitrogen and oxygen atoms in total. The van der Waals surface area contributed by atoms with Gasteiger partial charge in [-0.3, -0.25) is 0 Å². The second kappa shape index (κ2) is 12.0. The number of morpholine rings is 2. The number of ether oxygens (including phenoxy) is 3. The second-order valence-corrected chi connectivity index (χ2v) is 8.69. The third-order valence-corrected chi connectivity index (χ3v) is 6.16. The highest BCUT2D eigenvalue weighted by Gasteiger charge is 2.20. The van der Waals surface area contributed by atoms with Crippen LogP contribution in [0.2, 0.25) is 5.02 Å². The number of aromatic nitrogens is 3. The SMILES string of the molecule is Clc1ccccc1COc1cccc(/C=N\Nc2nc(N3CCOCC3)nc(N3CCOCC3)n2)c1. The van der Waals surface area contributed by atoms with E-state index < -0.39 is 0 Å². The zero-order valence-corrected chi connectivity index (χ0v) is 20.6. The van der Waals surface area contributed by atoms with Gasteiger partial charge in [0, 0.05) is 36.8 Å². The molecule has 2 aromatic carbocycles. The van der Waals surface area contributed by atoms with E-state index in [0.29, 0.717) is 55.9 Å². The van der Waals surface area contributed by atoms with Crippen LogP contribution in [0.1, 0.15) is 11.1 Å². The lowest BCUT2D eigenvalue weighted by atomic mass is 10.2. The minimum atomic E-state index is 0.385. The number of hydrazone groups is 1. The van der Waals surface area contributed by atoms with E-state index in [1.165, 1.54) is 0 Å². The number of anilines is 3. The Bertz CT molecular complexity index is 1150. The summed E-state index contributed by atoms with van der Waals surface area (Å²) in [5, 5.41) is 5.05. The van der Waals surface area contributed by atoms with E-state index in [0.717, 1.165) is 43.1 Å². The minimum absolute atomic E-state index is 0.385. The summed E-state index contributed by atoms with van der Waals surface area (Å²) in [4.78, 5) is 18.1. The summed E-state index contributed by atoms with van der Waals surface area (Å²) < 4.78 is 16.9. The van der Waals surface area contributed by atoms with E-state index in [4.69, 9.17) is 30.8 Å². The van der Waals surface area contributed by atoms with E-state index in [-0.39, 0.29) is 0 Å². The summed E-state index contributed by atoms with van der Waals surface area (Å²) in [6, 6.07) is 15.3. The number of hydrogen-bond donors (Lipinski definition) is 1. The second-order valence-electron chi connectivity index (χ2n) is 8.28. The van der Waals surface area contributed by atoms with Crippen molar-refractivity contribution in [3.8, 4) is 5.75 Å². The molecular weight excluding hydrogens is 482 g/mol. The Kier molecular flexibility index (Phi) is 8.06. The molecule has 0 saturated carbocycles. The fraction of sp³-hybridized carbons (Fsp3) is 0.360. The van der Waals surface area contributed by atoms with Crippen LogP contribution in [0.4, 0.5) is 17.8 Å². The topological polar surface area (TPSA) is 97.2 Å². The van der Waals surface area contributed by atoms with Crippen molar-refractivity contribution in [3.63, 3.8) is 0 Å². The molecule has 0 unspecified atom stereocenters. The van der Waals surface area contributed by atoms with Gasteiger partial charge in [0.15, 0.2) is 0 Å². The summed E-state index contributed by atoms with van der Waals surface area (Å²) in [5.41, 5.74) is 4.77. The number of nitrogens with zero attached hydrogens (tertiary/aromatic N) is 6. The average Bonchev–Trinajstić information content (AvgIpc) is 2.94. The Labute approximate surface area is 214 Å². The van der Waals surface area contributed by atoms with Crippen molar-refractivity contribution in [2.75, 3.05) is 67.8 Å². The largest absolute Gasteiger partial charge is 0.489 e. The van der Waals surface area contributed by atoms with Crippen molar-refractivity contribution < 1.29 is 14.2 Å². The van der Waals surface area contributed by atoms with Gasteiger partial charge in [0.2, 0.25) is 17.8 Å². The molecule has 3 heterocycles. The Morgan fingerprint density at radius 1 is 0.889 bits per heavy atom. The van der Waals surface area contributed by atoms with Crippen LogP contribution in [0.25, 0.3) is 0 Å². The third-order valence-electron chi connectivity index (χ3n) is 5.79. The molecule has 2 aliphatic heterocycles. The summed E-state index contributed by atoms with van der Waals surface area (Å²) in [6.07, 6.45) is 1.70. The molecule has 3 aromatic rings. The van der Waals surface area contributed by atoms with Gasteiger partial charge in [-0.1, -0.05) is 41.9 Å². The van der Waals surface area contributed by atoms with Gasteiger partial charge in [0.05, 0.1) is 32.6 Å². The third kappa shape index (κ3) is 6.39. The van der Waals surface area contributed by atoms with Gasteiger partial charge < -0.3 is 24.0 Å². The first-order chi connectivity index (χ1) is 17.7. The highest BCUT2D eigenvalue weighted by Crippen LogP contribution is 2.20. The van der Waals surface area contributed by atoms with Gasteiger partial charge in [-0.2, -0.15) is 20.1 Å². The van der Waals surface area contributed by atoms with Crippen LogP contribution in [0, 0.1) is 0 Å². The molecule has 0 amide bonds. The lowest BCUT2D eigenvalue weighted by Crippen LogP contribution is -2.40. The average molecular weight is 510 g/mol. The number of hydrogen-bond acceptors (Lipinski definition) is 10. The van der Waals surface area contributed by atoms with Crippen molar-refractivity contribution in [1.82, 2.24) is 15.0 Å². The summed E-state index contributed by atoms with van der Waals surface area (Å²) in [5.74, 6) is 2.34. The number of benzene rings is 2. The molecule has 0 radical (unpaired) electrons. The summed E-state index contributed by atoms with van der Waals surface area (Å²) in [7, 11) is 0. The van der Waals surface area contributed by atoms with Gasteiger partial charge in [0.25, 0.3) is 0 Å². The predicted octanol–water partition coefficient (Wildman–Crippen LogP) is 3.22. The predicted molar refractivity (Wildman–Crippen MR) is 139 cm³/mol. The standard InChI is InChI=1S/C25H28ClN7O3/c26-22-7-2-1-5-20(22)18-36-21-6-3-4-19(16-21)17-27-31-23-28-24(32-8-12-34-13-9-32)30-25(29-23)33-10-14-35-15-11-33/h1-7,16-17H,8-15,18H2,(H,28,29,30,31)/b27-17-. The van der Waals surface area contributed by atoms with Crippen LogP contribution in [0.3, 0.4) is 0 Å². The molecule has 2 fully saturated rings. The maximum Gasteiger partial charge on any atom is 0.250 e. The first-order valence-electron chi connectivity index (χ1n) is 11.9. The molecule has 1 N–H and O–H groups in total. The Morgan fingerprint density at radius 2 is 1.56 bits per heavy atom. The fourth-order valence-electron chi connectivity index (χ4n) is 3.84. The molecule has 2 aliphatic rings. The van der Waals surface area contributed by atoms with Crippen molar-refractivity contribution in [2.24, 2.45) is 5.10 Å². The van der Waals surface area contributed by atoms with E-state index in [1.54, 1.807) is 6.21 Å². The molecule has 5 rings (SSSR count). The van der Waals surface area contributed by atoms with E-state index in [2.05, 4.69) is 30.3 Å². The molecule has 0 spiro atoms. The number of halogens is 1. The Hall–Kier alpha value is -3.47. The van der Waals surface area contributed by atoms with Crippen molar-refractivity contribution in [3.05, 3.63) is 64.7 Å². The highest BCUT2D eigenvalue weighted by atomic mass is 35.5. The van der Waals surface area contributed by atoms with Gasteiger partial charge in [-0.05, 0) is 23.8 Å². The first kappa shape index (κ1) is 24.2. The van der Waals surface area contributed by atoms with Gasteiger partial charge >= 0.3 is 0 Å². The normalized spacial score (nSPS) is 16.4. The zero-order chi connectivity index (χ0) is 24.6. The van der Waals surface area contributed by atoms with Crippen LogP contribution in [0.15, 0.2) is 53.6 Å². The van der Waals surface area contributed by atoms with Crippen molar-refractivity contribution in [2.45, 2.75) is 6.61 Å². The quantitative estimate of drug-likeness (QED) is 0.362. The van der Waals surface area contributed by atoms with E-state index in [1.807, 2.05) is 48.5 Å². The first-order valence-corrected chi connectivity index (χ1v) is 12.3. The molecule has 11 heteroatoms. The van der Waals surface area contributed by atoms with Crippen LogP contribution in [0.5, 0.6) is 5.75 Å². The molecule has 188 valence electrons. The smallest absolute Gasteiger partial charge is 0.250 e. The van der Waals surface area contributed by atoms with Crippen LogP contribution in [-0.2, 0) is 16.1 Å². The van der Waals surface area contributed by atoms with Crippen molar-refractivity contribution >= 4 is 35.7 Å². The van der Waals surface area contributed by atoms with Gasteiger partial charge in [-0.25, -0.2) is 5.43 Å². The maximum absolute atomic E-state index is 6.23. The Morgan fingerprint density at radius 3 is 2.22 bits per heavy atom.